The minimum absolute atomic E-state index is 0.334. The van der Waals surface area contributed by atoms with Crippen molar-refractivity contribution in [3.05, 3.63) is 84.1 Å². The Morgan fingerprint density at radius 3 is 1.86 bits per heavy atom. The molecule has 3 rings (SSSR count). The molecule has 3 aromatic rings. The van der Waals surface area contributed by atoms with Gasteiger partial charge in [0.05, 0.1) is 0 Å². The van der Waals surface area contributed by atoms with Gasteiger partial charge >= 0.3 is 0 Å². The summed E-state index contributed by atoms with van der Waals surface area (Å²) < 4.78 is 17.2. The monoisotopic (exact) mass is 298 g/mol. The van der Waals surface area contributed by atoms with E-state index in [2.05, 4.69) is 10.2 Å². The molecule has 1 unspecified atom stereocenters. The van der Waals surface area contributed by atoms with E-state index in [0.717, 1.165) is 11.1 Å². The third kappa shape index (κ3) is 2.19. The first-order chi connectivity index (χ1) is 10.3. The molecule has 0 aliphatic rings. The smallest absolute Gasteiger partial charge is 0.243 e. The summed E-state index contributed by atoms with van der Waals surface area (Å²) in [7, 11) is -1.29. The lowest BCUT2D eigenvalue weighted by molar-refractivity contribution is 0.468. The molecule has 4 nitrogen and oxygen atoms in total. The van der Waals surface area contributed by atoms with E-state index >= 15 is 0 Å². The second-order valence-electron chi connectivity index (χ2n) is 4.61. The van der Waals surface area contributed by atoms with Gasteiger partial charge in [-0.1, -0.05) is 60.7 Å². The minimum Gasteiger partial charge on any atom is -0.426 e. The number of nitrogens with zero attached hydrogens (tertiary/aromatic N) is 2. The number of aromatic nitrogens is 2. The molecular formula is C16H14N2O2S. The van der Waals surface area contributed by atoms with E-state index in [-0.39, 0.29) is 0 Å². The third-order valence-electron chi connectivity index (χ3n) is 3.45. The Labute approximate surface area is 125 Å². The maximum Gasteiger partial charge on any atom is 0.243 e. The van der Waals surface area contributed by atoms with Crippen molar-refractivity contribution in [1.82, 2.24) is 10.2 Å². The summed E-state index contributed by atoms with van der Waals surface area (Å²) in [5.74, 6) is 0.334. The summed E-state index contributed by atoms with van der Waals surface area (Å²) >= 11 is 0. The first-order valence-electron chi connectivity index (χ1n) is 6.47. The van der Waals surface area contributed by atoms with Crippen LogP contribution in [0.3, 0.4) is 0 Å². The Bertz CT molecular complexity index is 688. The van der Waals surface area contributed by atoms with Crippen molar-refractivity contribution < 1.29 is 8.63 Å². The number of benzene rings is 2. The fraction of sp³-hybridized carbons (Fsp3) is 0.125. The summed E-state index contributed by atoms with van der Waals surface area (Å²) in [6.45, 7) is 0. The van der Waals surface area contributed by atoms with E-state index in [4.69, 9.17) is 4.42 Å². The maximum atomic E-state index is 12.7. The van der Waals surface area contributed by atoms with E-state index < -0.39 is 15.5 Å². The minimum atomic E-state index is -1.29. The first kappa shape index (κ1) is 13.7. The summed E-state index contributed by atoms with van der Waals surface area (Å²) in [5.41, 5.74) is 1.72. The summed E-state index contributed by atoms with van der Waals surface area (Å²) in [6.07, 6.45) is 2.92. The number of hydrogen-bond donors (Lipinski definition) is 0. The molecule has 0 fully saturated rings. The van der Waals surface area contributed by atoms with Gasteiger partial charge in [0.15, 0.2) is 4.75 Å². The average molecular weight is 298 g/mol. The van der Waals surface area contributed by atoms with Gasteiger partial charge in [0.1, 0.15) is 0 Å². The molecule has 1 atom stereocenters. The van der Waals surface area contributed by atoms with Crippen LogP contribution in [0.15, 0.2) is 71.5 Å². The highest BCUT2D eigenvalue weighted by molar-refractivity contribution is 7.85. The normalized spacial score (nSPS) is 13.0. The summed E-state index contributed by atoms with van der Waals surface area (Å²) in [4.78, 5) is 0. The molecule has 0 N–H and O–H groups in total. The van der Waals surface area contributed by atoms with E-state index in [9.17, 15) is 4.21 Å². The molecular weight excluding hydrogens is 284 g/mol. The first-order valence-corrected chi connectivity index (χ1v) is 8.03. The average Bonchev–Trinajstić information content (AvgIpc) is 3.04. The van der Waals surface area contributed by atoms with Gasteiger partial charge in [-0.2, -0.15) is 0 Å². The van der Waals surface area contributed by atoms with Crippen molar-refractivity contribution in [3.63, 3.8) is 0 Å². The zero-order valence-electron chi connectivity index (χ0n) is 11.5. The fourth-order valence-corrected chi connectivity index (χ4v) is 3.81. The molecule has 0 aliphatic carbocycles. The maximum absolute atomic E-state index is 12.7. The van der Waals surface area contributed by atoms with Crippen LogP contribution >= 0.6 is 0 Å². The Hall–Kier alpha value is -2.27. The van der Waals surface area contributed by atoms with Gasteiger partial charge in [0, 0.05) is 17.1 Å². The highest BCUT2D eigenvalue weighted by atomic mass is 32.2. The van der Waals surface area contributed by atoms with E-state index in [0.29, 0.717) is 5.89 Å². The highest BCUT2D eigenvalue weighted by Crippen LogP contribution is 2.40. The Kier molecular flexibility index (Phi) is 3.66. The molecule has 0 spiro atoms. The summed E-state index contributed by atoms with van der Waals surface area (Å²) in [6, 6.07) is 19.2. The molecule has 0 amide bonds. The molecule has 0 saturated heterocycles. The standard InChI is InChI=1S/C16H14N2O2S/c1-21(19)16(15-18-17-12-20-15,13-8-4-2-5-9-13)14-10-6-3-7-11-14/h2-12H,1H3. The SMILES string of the molecule is CS(=O)C(c1ccccc1)(c1ccccc1)c1nnco1. The van der Waals surface area contributed by atoms with Crippen LogP contribution < -0.4 is 0 Å². The summed E-state index contributed by atoms with van der Waals surface area (Å²) in [5, 5.41) is 7.82. The molecule has 106 valence electrons. The zero-order valence-corrected chi connectivity index (χ0v) is 12.3. The van der Waals surface area contributed by atoms with Crippen molar-refractivity contribution in [3.8, 4) is 0 Å². The van der Waals surface area contributed by atoms with Gasteiger partial charge in [-0.15, -0.1) is 10.2 Å². The van der Waals surface area contributed by atoms with Crippen LogP contribution in [0.25, 0.3) is 0 Å². The van der Waals surface area contributed by atoms with Gasteiger partial charge in [0.25, 0.3) is 0 Å². The Balaban J connectivity index is 2.36. The van der Waals surface area contributed by atoms with Gasteiger partial charge in [-0.25, -0.2) is 0 Å². The Morgan fingerprint density at radius 2 is 1.48 bits per heavy atom. The van der Waals surface area contributed by atoms with E-state index in [1.165, 1.54) is 6.39 Å². The quantitative estimate of drug-likeness (QED) is 0.743. The van der Waals surface area contributed by atoms with E-state index in [1.54, 1.807) is 6.26 Å². The van der Waals surface area contributed by atoms with Crippen LogP contribution in [-0.2, 0) is 15.5 Å². The van der Waals surface area contributed by atoms with Gasteiger partial charge in [-0.05, 0) is 11.1 Å². The van der Waals surface area contributed by atoms with Crippen LogP contribution in [0.4, 0.5) is 0 Å². The molecule has 5 heteroatoms. The Morgan fingerprint density at radius 1 is 0.952 bits per heavy atom. The van der Waals surface area contributed by atoms with Crippen molar-refractivity contribution >= 4 is 10.8 Å². The van der Waals surface area contributed by atoms with Crippen LogP contribution in [-0.4, -0.2) is 20.7 Å². The van der Waals surface area contributed by atoms with Crippen molar-refractivity contribution in [1.29, 1.82) is 0 Å². The molecule has 0 bridgehead atoms. The predicted octanol–water partition coefficient (Wildman–Crippen LogP) is 2.74. The molecule has 2 aromatic carbocycles. The molecule has 0 saturated carbocycles. The second kappa shape index (κ2) is 5.61. The lowest BCUT2D eigenvalue weighted by Crippen LogP contribution is -2.34. The van der Waals surface area contributed by atoms with Gasteiger partial charge in [0.2, 0.25) is 12.3 Å². The van der Waals surface area contributed by atoms with Gasteiger partial charge < -0.3 is 4.42 Å². The fourth-order valence-electron chi connectivity index (χ4n) is 2.54. The molecule has 1 heterocycles. The molecule has 0 radical (unpaired) electrons. The van der Waals surface area contributed by atoms with Crippen LogP contribution in [0.5, 0.6) is 0 Å². The zero-order chi connectivity index (χ0) is 14.7. The number of hydrogen-bond acceptors (Lipinski definition) is 4. The van der Waals surface area contributed by atoms with E-state index in [1.807, 2.05) is 60.7 Å². The third-order valence-corrected chi connectivity index (χ3v) is 4.96. The number of rotatable bonds is 4. The van der Waals surface area contributed by atoms with Gasteiger partial charge in [-0.3, -0.25) is 4.21 Å². The predicted molar refractivity (Wildman–Crippen MR) is 81.1 cm³/mol. The van der Waals surface area contributed by atoms with Crippen LogP contribution in [0, 0.1) is 0 Å². The molecule has 0 aliphatic heterocycles. The molecule has 1 aromatic heterocycles. The van der Waals surface area contributed by atoms with Crippen LogP contribution in [0.2, 0.25) is 0 Å². The lowest BCUT2D eigenvalue weighted by Gasteiger charge is -2.29. The largest absolute Gasteiger partial charge is 0.426 e. The topological polar surface area (TPSA) is 56.0 Å². The van der Waals surface area contributed by atoms with Crippen molar-refractivity contribution in [2.75, 3.05) is 6.26 Å². The highest BCUT2D eigenvalue weighted by Gasteiger charge is 2.45. The van der Waals surface area contributed by atoms with Crippen LogP contribution in [0.1, 0.15) is 17.0 Å². The van der Waals surface area contributed by atoms with Crippen molar-refractivity contribution in [2.45, 2.75) is 4.75 Å². The molecule has 21 heavy (non-hydrogen) atoms. The second-order valence-corrected chi connectivity index (χ2v) is 6.13. The van der Waals surface area contributed by atoms with Crippen molar-refractivity contribution in [2.24, 2.45) is 0 Å². The lowest BCUT2D eigenvalue weighted by atomic mass is 9.90.